The number of anilines is 1. The molecule has 1 atom stereocenters. The minimum absolute atomic E-state index is 0.0344. The molecular weight excluding hydrogens is 392 g/mol. The number of hydrogen-bond donors (Lipinski definition) is 0. The monoisotopic (exact) mass is 410 g/mol. The Morgan fingerprint density at radius 1 is 1.32 bits per heavy atom. The van der Waals surface area contributed by atoms with E-state index in [1.54, 1.807) is 11.0 Å². The third-order valence-corrected chi connectivity index (χ3v) is 5.94. The maximum Gasteiger partial charge on any atom is 0.247 e. The Morgan fingerprint density at radius 3 is 2.93 bits per heavy atom. The summed E-state index contributed by atoms with van der Waals surface area (Å²) in [7, 11) is 0. The summed E-state index contributed by atoms with van der Waals surface area (Å²) in [6.07, 6.45) is 1.53. The van der Waals surface area contributed by atoms with Gasteiger partial charge in [0.2, 0.25) is 23.2 Å². The molecule has 0 spiro atoms. The van der Waals surface area contributed by atoms with Gasteiger partial charge in [0.1, 0.15) is 0 Å². The zero-order valence-electron chi connectivity index (χ0n) is 15.2. The van der Waals surface area contributed by atoms with E-state index in [-0.39, 0.29) is 5.91 Å². The highest BCUT2D eigenvalue weighted by Crippen LogP contribution is 2.44. The van der Waals surface area contributed by atoms with Gasteiger partial charge < -0.3 is 4.74 Å². The molecule has 0 saturated carbocycles. The standard InChI is InChI=1S/C20H18N4O2S2/c1-3-11-28-20-21-18-17(22-23-20)13-8-5-6-9-14(13)24(16(25)4-2)19(26-18)15-10-7-12-27-15/h3,5-10,12,19H,1,4,11H2,2H3/t19-/m0/s1. The molecule has 3 aromatic rings. The van der Waals surface area contributed by atoms with Gasteiger partial charge in [-0.3, -0.25) is 9.69 Å². The van der Waals surface area contributed by atoms with E-state index in [1.807, 2.05) is 48.7 Å². The van der Waals surface area contributed by atoms with E-state index in [0.717, 1.165) is 16.1 Å². The number of aromatic nitrogens is 3. The van der Waals surface area contributed by atoms with E-state index in [1.165, 1.54) is 23.1 Å². The van der Waals surface area contributed by atoms with Crippen molar-refractivity contribution in [2.75, 3.05) is 10.7 Å². The smallest absolute Gasteiger partial charge is 0.247 e. The summed E-state index contributed by atoms with van der Waals surface area (Å²) in [4.78, 5) is 20.1. The molecule has 1 amide bonds. The van der Waals surface area contributed by atoms with Gasteiger partial charge in [-0.1, -0.05) is 49.0 Å². The SMILES string of the molecule is C=CCSc1nnc2c(n1)O[C@@H](c1cccs1)N(C(=O)CC)c1ccccc1-2. The van der Waals surface area contributed by atoms with Crippen molar-refractivity contribution in [3.8, 4) is 17.1 Å². The lowest BCUT2D eigenvalue weighted by Gasteiger charge is -2.29. The molecule has 1 aromatic carbocycles. The zero-order valence-corrected chi connectivity index (χ0v) is 16.9. The van der Waals surface area contributed by atoms with Gasteiger partial charge in [-0.15, -0.1) is 28.1 Å². The second-order valence-corrected chi connectivity index (χ2v) is 7.93. The first kappa shape index (κ1) is 18.6. The number of fused-ring (bicyclic) bond motifs is 3. The molecule has 1 aliphatic heterocycles. The number of rotatable bonds is 5. The van der Waals surface area contributed by atoms with Gasteiger partial charge in [0, 0.05) is 17.7 Å². The Hall–Kier alpha value is -2.71. The number of nitrogens with zero attached hydrogens (tertiary/aromatic N) is 4. The molecule has 0 fully saturated rings. The number of hydrogen-bond acceptors (Lipinski definition) is 7. The van der Waals surface area contributed by atoms with E-state index in [2.05, 4.69) is 21.8 Å². The Labute approximate surface area is 171 Å². The topological polar surface area (TPSA) is 68.2 Å². The normalized spacial score (nSPS) is 15.2. The van der Waals surface area contributed by atoms with Crippen molar-refractivity contribution in [1.82, 2.24) is 15.2 Å². The maximum atomic E-state index is 12.9. The highest BCUT2D eigenvalue weighted by atomic mass is 32.2. The van der Waals surface area contributed by atoms with Crippen LogP contribution in [0.4, 0.5) is 5.69 Å². The fourth-order valence-electron chi connectivity index (χ4n) is 2.96. The summed E-state index contributed by atoms with van der Waals surface area (Å²) in [6, 6.07) is 11.5. The van der Waals surface area contributed by atoms with Gasteiger partial charge in [-0.05, 0) is 17.5 Å². The van der Waals surface area contributed by atoms with E-state index in [9.17, 15) is 4.79 Å². The summed E-state index contributed by atoms with van der Waals surface area (Å²) < 4.78 is 6.30. The fraction of sp³-hybridized carbons (Fsp3) is 0.200. The first-order valence-electron chi connectivity index (χ1n) is 8.82. The van der Waals surface area contributed by atoms with Crippen molar-refractivity contribution in [2.45, 2.75) is 24.7 Å². The third kappa shape index (κ3) is 3.41. The van der Waals surface area contributed by atoms with Crippen LogP contribution in [-0.2, 0) is 4.79 Å². The van der Waals surface area contributed by atoms with Gasteiger partial charge in [0.15, 0.2) is 5.69 Å². The molecule has 28 heavy (non-hydrogen) atoms. The van der Waals surface area contributed by atoms with E-state index in [4.69, 9.17) is 4.74 Å². The molecular formula is C20H18N4O2S2. The average molecular weight is 411 g/mol. The average Bonchev–Trinajstić information content (AvgIpc) is 3.22. The lowest BCUT2D eigenvalue weighted by molar-refractivity contribution is -0.120. The van der Waals surface area contributed by atoms with Crippen LogP contribution in [0.5, 0.6) is 5.88 Å². The molecule has 8 heteroatoms. The van der Waals surface area contributed by atoms with Crippen molar-refractivity contribution in [3.63, 3.8) is 0 Å². The summed E-state index contributed by atoms with van der Waals surface area (Å²) in [5, 5.41) is 11.1. The minimum atomic E-state index is -0.608. The predicted molar refractivity (Wildman–Crippen MR) is 112 cm³/mol. The van der Waals surface area contributed by atoms with Crippen molar-refractivity contribution in [2.24, 2.45) is 0 Å². The second-order valence-electron chi connectivity index (χ2n) is 5.97. The number of ether oxygens (including phenoxy) is 1. The molecule has 3 heterocycles. The zero-order chi connectivity index (χ0) is 19.5. The number of amides is 1. The number of carbonyl (C=O) groups is 1. The number of thiophene rings is 1. The molecule has 0 aliphatic carbocycles. The highest BCUT2D eigenvalue weighted by Gasteiger charge is 2.35. The van der Waals surface area contributed by atoms with Gasteiger partial charge in [-0.2, -0.15) is 4.98 Å². The summed E-state index contributed by atoms with van der Waals surface area (Å²) >= 11 is 2.97. The summed E-state index contributed by atoms with van der Waals surface area (Å²) in [6.45, 7) is 5.57. The van der Waals surface area contributed by atoms with Crippen LogP contribution >= 0.6 is 23.1 Å². The molecule has 0 saturated heterocycles. The Kier molecular flexibility index (Phi) is 5.40. The Morgan fingerprint density at radius 2 is 2.18 bits per heavy atom. The molecule has 1 aliphatic rings. The molecule has 0 bridgehead atoms. The molecule has 6 nitrogen and oxygen atoms in total. The minimum Gasteiger partial charge on any atom is -0.446 e. The van der Waals surface area contributed by atoms with Gasteiger partial charge in [-0.25, -0.2) is 0 Å². The maximum absolute atomic E-state index is 12.9. The van der Waals surface area contributed by atoms with Crippen LogP contribution in [0, 0.1) is 0 Å². The molecule has 4 rings (SSSR count). The van der Waals surface area contributed by atoms with Crippen molar-refractivity contribution in [1.29, 1.82) is 0 Å². The van der Waals surface area contributed by atoms with E-state index in [0.29, 0.717) is 28.9 Å². The Balaban J connectivity index is 1.90. The van der Waals surface area contributed by atoms with Crippen molar-refractivity contribution < 1.29 is 9.53 Å². The van der Waals surface area contributed by atoms with Crippen LogP contribution in [0.2, 0.25) is 0 Å². The van der Waals surface area contributed by atoms with Crippen LogP contribution in [0.1, 0.15) is 24.4 Å². The predicted octanol–water partition coefficient (Wildman–Crippen LogP) is 4.71. The molecule has 2 aromatic heterocycles. The van der Waals surface area contributed by atoms with Crippen LogP contribution in [-0.4, -0.2) is 26.8 Å². The molecule has 0 unspecified atom stereocenters. The lowest BCUT2D eigenvalue weighted by atomic mass is 10.1. The second kappa shape index (κ2) is 8.12. The van der Waals surface area contributed by atoms with Crippen molar-refractivity contribution >= 4 is 34.7 Å². The van der Waals surface area contributed by atoms with Crippen LogP contribution in [0.15, 0.2) is 59.6 Å². The molecule has 0 N–H and O–H groups in total. The molecule has 142 valence electrons. The van der Waals surface area contributed by atoms with Crippen LogP contribution in [0.25, 0.3) is 11.3 Å². The first-order chi connectivity index (χ1) is 13.7. The van der Waals surface area contributed by atoms with Gasteiger partial charge >= 0.3 is 0 Å². The quantitative estimate of drug-likeness (QED) is 0.448. The third-order valence-electron chi connectivity index (χ3n) is 4.20. The Bertz CT molecular complexity index is 1010. The van der Waals surface area contributed by atoms with Gasteiger partial charge in [0.05, 0.1) is 10.6 Å². The first-order valence-corrected chi connectivity index (χ1v) is 10.7. The van der Waals surface area contributed by atoms with Crippen molar-refractivity contribution in [3.05, 3.63) is 59.3 Å². The number of benzene rings is 1. The van der Waals surface area contributed by atoms with Gasteiger partial charge in [0.25, 0.3) is 0 Å². The number of carbonyl (C=O) groups excluding carboxylic acids is 1. The summed E-state index contributed by atoms with van der Waals surface area (Å²) in [5.74, 6) is 1.01. The fourth-order valence-corrected chi connectivity index (χ4v) is 4.22. The highest BCUT2D eigenvalue weighted by molar-refractivity contribution is 7.99. The lowest BCUT2D eigenvalue weighted by Crippen LogP contribution is -2.36. The molecule has 0 radical (unpaired) electrons. The van der Waals surface area contributed by atoms with Crippen LogP contribution in [0.3, 0.4) is 0 Å². The van der Waals surface area contributed by atoms with Crippen LogP contribution < -0.4 is 9.64 Å². The number of para-hydroxylation sites is 1. The van der Waals surface area contributed by atoms with E-state index < -0.39 is 6.23 Å². The largest absolute Gasteiger partial charge is 0.446 e. The van der Waals surface area contributed by atoms with E-state index >= 15 is 0 Å². The summed E-state index contributed by atoms with van der Waals surface area (Å²) in [5.41, 5.74) is 2.05. The number of thioether (sulfide) groups is 1.